The second kappa shape index (κ2) is 11.2. The van der Waals surface area contributed by atoms with Crippen molar-refractivity contribution in [3.63, 3.8) is 0 Å². The Hall–Kier alpha value is -1.82. The van der Waals surface area contributed by atoms with Gasteiger partial charge in [0.25, 0.3) is 0 Å². The fourth-order valence-electron chi connectivity index (χ4n) is 4.62. The molecule has 0 spiro atoms. The summed E-state index contributed by atoms with van der Waals surface area (Å²) in [7, 11) is 0. The standard InChI is InChI=1S/C28H38/c1-3-5-6-8-24-9-11-25(12-10-24)13-14-26-17-21-28(22-18-26)27-19-15-23(7-4-2)16-20-27/h6,8-12,17-18,21-23,27H,3-5,7,13-16,19-20H2,1-2H3. The minimum atomic E-state index is 0.801. The van der Waals surface area contributed by atoms with Crippen LogP contribution in [0.1, 0.15) is 93.4 Å². The molecule has 0 nitrogen and oxygen atoms in total. The third kappa shape index (κ3) is 6.36. The Bertz CT molecular complexity index is 697. The number of hydrogen-bond donors (Lipinski definition) is 0. The molecule has 0 saturated heterocycles. The van der Waals surface area contributed by atoms with Gasteiger partial charge in [-0.25, -0.2) is 0 Å². The van der Waals surface area contributed by atoms with E-state index in [9.17, 15) is 0 Å². The molecule has 0 unspecified atom stereocenters. The Morgan fingerprint density at radius 1 is 0.750 bits per heavy atom. The lowest BCUT2D eigenvalue weighted by Crippen LogP contribution is -2.13. The Morgan fingerprint density at radius 2 is 1.36 bits per heavy atom. The SMILES string of the molecule is CCCC=Cc1ccc(CCc2ccc(C3CCC(CCC)CC3)cc2)cc1. The lowest BCUT2D eigenvalue weighted by molar-refractivity contribution is 0.308. The van der Waals surface area contributed by atoms with Gasteiger partial charge in [0.1, 0.15) is 0 Å². The molecule has 28 heavy (non-hydrogen) atoms. The number of hydrogen-bond acceptors (Lipinski definition) is 0. The molecule has 3 rings (SSSR count). The molecule has 0 radical (unpaired) electrons. The lowest BCUT2D eigenvalue weighted by atomic mass is 9.77. The predicted octanol–water partition coefficient (Wildman–Crippen LogP) is 8.36. The molecule has 1 aliphatic carbocycles. The minimum absolute atomic E-state index is 0.801. The molecule has 0 amide bonds. The molecule has 2 aromatic carbocycles. The molecule has 0 bridgehead atoms. The summed E-state index contributed by atoms with van der Waals surface area (Å²) in [5, 5.41) is 0. The number of benzene rings is 2. The van der Waals surface area contributed by atoms with Crippen molar-refractivity contribution >= 4 is 6.08 Å². The molecule has 0 N–H and O–H groups in total. The number of unbranched alkanes of at least 4 members (excludes halogenated alkanes) is 1. The summed E-state index contributed by atoms with van der Waals surface area (Å²) in [5.41, 5.74) is 5.79. The Balaban J connectivity index is 1.47. The minimum Gasteiger partial charge on any atom is -0.0840 e. The highest BCUT2D eigenvalue weighted by molar-refractivity contribution is 5.49. The van der Waals surface area contributed by atoms with Crippen molar-refractivity contribution in [2.24, 2.45) is 5.92 Å². The van der Waals surface area contributed by atoms with Crippen molar-refractivity contribution in [3.8, 4) is 0 Å². The van der Waals surface area contributed by atoms with Crippen LogP contribution in [0.5, 0.6) is 0 Å². The van der Waals surface area contributed by atoms with E-state index in [1.165, 1.54) is 61.6 Å². The molecular weight excluding hydrogens is 336 g/mol. The first-order chi connectivity index (χ1) is 13.8. The fourth-order valence-corrected chi connectivity index (χ4v) is 4.62. The lowest BCUT2D eigenvalue weighted by Gasteiger charge is -2.28. The van der Waals surface area contributed by atoms with Crippen LogP contribution in [0.3, 0.4) is 0 Å². The van der Waals surface area contributed by atoms with Gasteiger partial charge in [-0.1, -0.05) is 93.8 Å². The summed E-state index contributed by atoms with van der Waals surface area (Å²) in [5.74, 6) is 1.80. The monoisotopic (exact) mass is 374 g/mol. The van der Waals surface area contributed by atoms with Gasteiger partial charge in [0.15, 0.2) is 0 Å². The average Bonchev–Trinajstić information content (AvgIpc) is 2.75. The largest absolute Gasteiger partial charge is 0.0840 e. The third-order valence-electron chi connectivity index (χ3n) is 6.44. The summed E-state index contributed by atoms with van der Waals surface area (Å²) in [4.78, 5) is 0. The van der Waals surface area contributed by atoms with Gasteiger partial charge >= 0.3 is 0 Å². The second-order valence-electron chi connectivity index (χ2n) is 8.68. The van der Waals surface area contributed by atoms with E-state index in [0.29, 0.717) is 0 Å². The van der Waals surface area contributed by atoms with Gasteiger partial charge in [0.05, 0.1) is 0 Å². The molecular formula is C28H38. The summed E-state index contributed by atoms with van der Waals surface area (Å²) < 4.78 is 0. The molecule has 1 fully saturated rings. The number of rotatable bonds is 9. The topological polar surface area (TPSA) is 0 Å². The average molecular weight is 375 g/mol. The highest BCUT2D eigenvalue weighted by Crippen LogP contribution is 2.37. The quantitative estimate of drug-likeness (QED) is 0.413. The van der Waals surface area contributed by atoms with Crippen LogP contribution in [0.4, 0.5) is 0 Å². The van der Waals surface area contributed by atoms with Gasteiger partial charge in [-0.15, -0.1) is 0 Å². The zero-order valence-corrected chi connectivity index (χ0v) is 18.0. The van der Waals surface area contributed by atoms with E-state index in [0.717, 1.165) is 31.1 Å². The maximum Gasteiger partial charge on any atom is -0.0162 e. The van der Waals surface area contributed by atoms with Gasteiger partial charge in [-0.2, -0.15) is 0 Å². The van der Waals surface area contributed by atoms with Crippen LogP contribution in [0.25, 0.3) is 6.08 Å². The van der Waals surface area contributed by atoms with Crippen molar-refractivity contribution < 1.29 is 0 Å². The molecule has 0 heterocycles. The zero-order valence-electron chi connectivity index (χ0n) is 18.0. The molecule has 2 aromatic rings. The van der Waals surface area contributed by atoms with Crippen LogP contribution < -0.4 is 0 Å². The zero-order chi connectivity index (χ0) is 19.6. The van der Waals surface area contributed by atoms with Crippen LogP contribution in [-0.4, -0.2) is 0 Å². The van der Waals surface area contributed by atoms with E-state index in [2.05, 4.69) is 74.5 Å². The first kappa shape index (κ1) is 20.9. The molecule has 150 valence electrons. The molecule has 0 atom stereocenters. The third-order valence-corrected chi connectivity index (χ3v) is 6.44. The van der Waals surface area contributed by atoms with Crippen molar-refractivity contribution in [1.29, 1.82) is 0 Å². The van der Waals surface area contributed by atoms with Crippen molar-refractivity contribution in [2.45, 2.75) is 84.0 Å². The molecule has 1 aliphatic rings. The maximum absolute atomic E-state index is 2.40. The summed E-state index contributed by atoms with van der Waals surface area (Å²) in [6.45, 7) is 4.54. The normalized spacial score (nSPS) is 19.9. The van der Waals surface area contributed by atoms with E-state index >= 15 is 0 Å². The Kier molecular flexibility index (Phi) is 8.40. The number of aryl methyl sites for hydroxylation is 2. The van der Waals surface area contributed by atoms with E-state index in [1.807, 2.05) is 0 Å². The highest BCUT2D eigenvalue weighted by atomic mass is 14.3. The fraction of sp³-hybridized carbons (Fsp3) is 0.500. The molecule has 0 aromatic heterocycles. The van der Waals surface area contributed by atoms with Crippen LogP contribution in [0.2, 0.25) is 0 Å². The van der Waals surface area contributed by atoms with Crippen molar-refractivity contribution in [1.82, 2.24) is 0 Å². The summed E-state index contributed by atoms with van der Waals surface area (Å²) in [6.07, 6.45) is 17.6. The predicted molar refractivity (Wildman–Crippen MR) is 124 cm³/mol. The van der Waals surface area contributed by atoms with Gasteiger partial charge < -0.3 is 0 Å². The summed E-state index contributed by atoms with van der Waals surface area (Å²) in [6, 6.07) is 18.6. The summed E-state index contributed by atoms with van der Waals surface area (Å²) >= 11 is 0. The van der Waals surface area contributed by atoms with Crippen LogP contribution in [0, 0.1) is 5.92 Å². The van der Waals surface area contributed by atoms with Gasteiger partial charge in [-0.05, 0) is 79.0 Å². The van der Waals surface area contributed by atoms with Gasteiger partial charge in [0, 0.05) is 0 Å². The van der Waals surface area contributed by atoms with E-state index in [-0.39, 0.29) is 0 Å². The number of allylic oxidation sites excluding steroid dienone is 1. The van der Waals surface area contributed by atoms with Crippen molar-refractivity contribution in [2.75, 3.05) is 0 Å². The highest BCUT2D eigenvalue weighted by Gasteiger charge is 2.21. The first-order valence-corrected chi connectivity index (χ1v) is 11.6. The first-order valence-electron chi connectivity index (χ1n) is 11.6. The molecule has 0 heteroatoms. The maximum atomic E-state index is 2.40. The second-order valence-corrected chi connectivity index (χ2v) is 8.68. The van der Waals surface area contributed by atoms with Crippen molar-refractivity contribution in [3.05, 3.63) is 76.9 Å². The van der Waals surface area contributed by atoms with Crippen LogP contribution in [-0.2, 0) is 12.8 Å². The Morgan fingerprint density at radius 3 is 1.93 bits per heavy atom. The van der Waals surface area contributed by atoms with E-state index in [4.69, 9.17) is 0 Å². The molecule has 1 saturated carbocycles. The Labute approximate surface area is 173 Å². The smallest absolute Gasteiger partial charge is 0.0162 e. The van der Waals surface area contributed by atoms with Crippen LogP contribution in [0.15, 0.2) is 54.6 Å². The van der Waals surface area contributed by atoms with Crippen LogP contribution >= 0.6 is 0 Å². The molecule has 0 aliphatic heterocycles. The van der Waals surface area contributed by atoms with E-state index in [1.54, 1.807) is 5.56 Å². The van der Waals surface area contributed by atoms with E-state index < -0.39 is 0 Å². The van der Waals surface area contributed by atoms with Gasteiger partial charge in [-0.3, -0.25) is 0 Å². The van der Waals surface area contributed by atoms with Gasteiger partial charge in [0.2, 0.25) is 0 Å².